The lowest BCUT2D eigenvalue weighted by Crippen LogP contribution is -2.24. The van der Waals surface area contributed by atoms with E-state index in [9.17, 15) is 4.39 Å². The molecule has 2 N–H and O–H groups in total. The summed E-state index contributed by atoms with van der Waals surface area (Å²) >= 11 is 12.1. The second-order valence-electron chi connectivity index (χ2n) is 4.80. The molecule has 2 nitrogen and oxygen atoms in total. The van der Waals surface area contributed by atoms with Gasteiger partial charge in [-0.2, -0.15) is 0 Å². The topological polar surface area (TPSA) is 35.2 Å². The number of rotatable bonds is 1. The minimum atomic E-state index is -0.348. The maximum absolute atomic E-state index is 13.3. The number of ether oxygens (including phenoxy) is 1. The number of benzene rings is 2. The van der Waals surface area contributed by atoms with Gasteiger partial charge in [0, 0.05) is 39.7 Å². The van der Waals surface area contributed by atoms with E-state index in [0.717, 1.165) is 11.1 Å². The van der Waals surface area contributed by atoms with Crippen LogP contribution >= 0.6 is 23.2 Å². The molecule has 0 aromatic heterocycles. The van der Waals surface area contributed by atoms with Gasteiger partial charge in [-0.05, 0) is 18.2 Å². The molecule has 0 radical (unpaired) electrons. The Hall–Kier alpha value is -1.29. The molecule has 20 heavy (non-hydrogen) atoms. The minimum Gasteiger partial charge on any atom is -0.485 e. The summed E-state index contributed by atoms with van der Waals surface area (Å²) < 4.78 is 19.2. The van der Waals surface area contributed by atoms with E-state index in [4.69, 9.17) is 33.7 Å². The molecular formula is C15H12Cl2FNO. The van der Waals surface area contributed by atoms with E-state index < -0.39 is 0 Å². The molecule has 0 aliphatic carbocycles. The summed E-state index contributed by atoms with van der Waals surface area (Å²) in [4.78, 5) is 0. The van der Waals surface area contributed by atoms with E-state index in [1.807, 2.05) is 6.07 Å². The third-order valence-corrected chi connectivity index (χ3v) is 3.98. The van der Waals surface area contributed by atoms with Crippen molar-refractivity contribution >= 4 is 23.2 Å². The number of hydrogen-bond acceptors (Lipinski definition) is 2. The highest BCUT2D eigenvalue weighted by Gasteiger charge is 2.28. The average molecular weight is 312 g/mol. The van der Waals surface area contributed by atoms with Gasteiger partial charge in [0.2, 0.25) is 0 Å². The number of hydrogen-bond donors (Lipinski definition) is 1. The standard InChI is InChI=1S/C15H12Cl2FNO/c16-8-1-3-10(12(17)5-8)15-7-13(19)11-4-2-9(18)6-14(11)20-15/h1-6,13,15H,7,19H2. The quantitative estimate of drug-likeness (QED) is 0.831. The molecule has 0 amide bonds. The van der Waals surface area contributed by atoms with Gasteiger partial charge in [0.25, 0.3) is 0 Å². The molecule has 1 heterocycles. The monoisotopic (exact) mass is 311 g/mol. The van der Waals surface area contributed by atoms with Gasteiger partial charge in [0.05, 0.1) is 0 Å². The zero-order valence-corrected chi connectivity index (χ0v) is 12.0. The summed E-state index contributed by atoms with van der Waals surface area (Å²) in [6.07, 6.45) is 0.282. The van der Waals surface area contributed by atoms with Crippen molar-refractivity contribution in [1.82, 2.24) is 0 Å². The van der Waals surface area contributed by atoms with E-state index in [-0.39, 0.29) is 18.0 Å². The predicted molar refractivity (Wildman–Crippen MR) is 77.8 cm³/mol. The predicted octanol–water partition coefficient (Wildman–Crippen LogP) is 4.66. The third-order valence-electron chi connectivity index (χ3n) is 3.42. The van der Waals surface area contributed by atoms with Crippen LogP contribution in [0.1, 0.15) is 29.7 Å². The molecule has 2 aromatic rings. The molecule has 2 atom stereocenters. The molecule has 0 saturated carbocycles. The number of halogens is 3. The molecular weight excluding hydrogens is 300 g/mol. The summed E-state index contributed by atoms with van der Waals surface area (Å²) in [5, 5.41) is 1.08. The van der Waals surface area contributed by atoms with Gasteiger partial charge in [0.1, 0.15) is 17.7 Å². The Bertz CT molecular complexity index is 662. The van der Waals surface area contributed by atoms with Gasteiger partial charge in [0.15, 0.2) is 0 Å². The highest BCUT2D eigenvalue weighted by molar-refractivity contribution is 6.35. The smallest absolute Gasteiger partial charge is 0.127 e. The fourth-order valence-electron chi connectivity index (χ4n) is 2.43. The Morgan fingerprint density at radius 3 is 2.60 bits per heavy atom. The van der Waals surface area contributed by atoms with E-state index in [1.165, 1.54) is 12.1 Å². The van der Waals surface area contributed by atoms with Gasteiger partial charge in [-0.3, -0.25) is 0 Å². The first kappa shape index (κ1) is 13.7. The normalized spacial score (nSPS) is 21.2. The maximum Gasteiger partial charge on any atom is 0.127 e. The fourth-order valence-corrected chi connectivity index (χ4v) is 2.96. The molecule has 1 aliphatic rings. The molecule has 0 bridgehead atoms. The Morgan fingerprint density at radius 2 is 1.85 bits per heavy atom. The molecule has 2 aromatic carbocycles. The zero-order chi connectivity index (χ0) is 14.3. The van der Waals surface area contributed by atoms with Crippen LogP contribution in [-0.4, -0.2) is 0 Å². The Morgan fingerprint density at radius 1 is 1.10 bits per heavy atom. The van der Waals surface area contributed by atoms with Crippen LogP contribution in [0.25, 0.3) is 0 Å². The van der Waals surface area contributed by atoms with Crippen molar-refractivity contribution in [3.05, 3.63) is 63.4 Å². The van der Waals surface area contributed by atoms with E-state index in [0.29, 0.717) is 22.2 Å². The molecule has 2 unspecified atom stereocenters. The second kappa shape index (κ2) is 5.24. The van der Waals surface area contributed by atoms with Crippen LogP contribution in [0.3, 0.4) is 0 Å². The largest absolute Gasteiger partial charge is 0.485 e. The maximum atomic E-state index is 13.3. The van der Waals surface area contributed by atoms with Crippen LogP contribution in [0, 0.1) is 5.82 Å². The van der Waals surface area contributed by atoms with Crippen molar-refractivity contribution in [1.29, 1.82) is 0 Å². The fraction of sp³-hybridized carbons (Fsp3) is 0.200. The SMILES string of the molecule is NC1CC(c2ccc(Cl)cc2Cl)Oc2cc(F)ccc21. The summed E-state index contributed by atoms with van der Waals surface area (Å²) in [5.41, 5.74) is 7.75. The van der Waals surface area contributed by atoms with Gasteiger partial charge in [-0.1, -0.05) is 35.3 Å². The van der Waals surface area contributed by atoms with Crippen molar-refractivity contribution < 1.29 is 9.13 Å². The first-order valence-corrected chi connectivity index (χ1v) is 6.97. The zero-order valence-electron chi connectivity index (χ0n) is 10.4. The summed E-state index contributed by atoms with van der Waals surface area (Å²) in [7, 11) is 0. The molecule has 0 spiro atoms. The lowest BCUT2D eigenvalue weighted by molar-refractivity contribution is 0.161. The van der Waals surface area contributed by atoms with Crippen molar-refractivity contribution in [3.63, 3.8) is 0 Å². The molecule has 5 heteroatoms. The van der Waals surface area contributed by atoms with Crippen molar-refractivity contribution in [2.75, 3.05) is 0 Å². The van der Waals surface area contributed by atoms with Crippen LogP contribution in [0.15, 0.2) is 36.4 Å². The molecule has 0 fully saturated rings. The van der Waals surface area contributed by atoms with Gasteiger partial charge < -0.3 is 10.5 Å². The van der Waals surface area contributed by atoms with Crippen LogP contribution < -0.4 is 10.5 Å². The Balaban J connectivity index is 1.98. The first-order chi connectivity index (χ1) is 9.54. The molecule has 1 aliphatic heterocycles. The van der Waals surface area contributed by atoms with E-state index in [1.54, 1.807) is 18.2 Å². The van der Waals surface area contributed by atoms with Crippen LogP contribution in [0.4, 0.5) is 4.39 Å². The molecule has 104 valence electrons. The molecule has 0 saturated heterocycles. The van der Waals surface area contributed by atoms with Gasteiger partial charge in [-0.25, -0.2) is 4.39 Å². The highest BCUT2D eigenvalue weighted by Crippen LogP contribution is 2.41. The summed E-state index contributed by atoms with van der Waals surface area (Å²) in [6.45, 7) is 0. The summed E-state index contributed by atoms with van der Waals surface area (Å²) in [6, 6.07) is 9.41. The van der Waals surface area contributed by atoms with Crippen LogP contribution in [0.2, 0.25) is 10.0 Å². The van der Waals surface area contributed by atoms with E-state index >= 15 is 0 Å². The minimum absolute atomic E-state index is 0.212. The highest BCUT2D eigenvalue weighted by atomic mass is 35.5. The average Bonchev–Trinajstić information content (AvgIpc) is 2.37. The van der Waals surface area contributed by atoms with Gasteiger partial charge >= 0.3 is 0 Å². The lowest BCUT2D eigenvalue weighted by Gasteiger charge is -2.31. The van der Waals surface area contributed by atoms with Crippen molar-refractivity contribution in [2.24, 2.45) is 5.73 Å². The summed E-state index contributed by atoms with van der Waals surface area (Å²) in [5.74, 6) is 0.124. The Labute approximate surface area is 126 Å². The molecule has 3 rings (SSSR count). The van der Waals surface area contributed by atoms with Crippen molar-refractivity contribution in [3.8, 4) is 5.75 Å². The lowest BCUT2D eigenvalue weighted by atomic mass is 9.93. The first-order valence-electron chi connectivity index (χ1n) is 6.21. The van der Waals surface area contributed by atoms with Crippen LogP contribution in [-0.2, 0) is 0 Å². The Kier molecular flexibility index (Phi) is 3.59. The number of nitrogens with two attached hydrogens (primary N) is 1. The second-order valence-corrected chi connectivity index (χ2v) is 5.64. The van der Waals surface area contributed by atoms with Gasteiger partial charge in [-0.15, -0.1) is 0 Å². The number of fused-ring (bicyclic) bond motifs is 1. The van der Waals surface area contributed by atoms with Crippen molar-refractivity contribution in [2.45, 2.75) is 18.6 Å². The third kappa shape index (κ3) is 2.49. The van der Waals surface area contributed by atoms with Crippen LogP contribution in [0.5, 0.6) is 5.75 Å². The van der Waals surface area contributed by atoms with E-state index in [2.05, 4.69) is 0 Å².